The summed E-state index contributed by atoms with van der Waals surface area (Å²) in [6.45, 7) is 8.76. The Labute approximate surface area is 159 Å². The quantitative estimate of drug-likeness (QED) is 0.757. The van der Waals surface area contributed by atoms with Gasteiger partial charge in [-0.25, -0.2) is 9.97 Å². The maximum atomic E-state index is 12.8. The van der Waals surface area contributed by atoms with Crippen LogP contribution in [0.3, 0.4) is 0 Å². The van der Waals surface area contributed by atoms with Crippen molar-refractivity contribution in [3.63, 3.8) is 0 Å². The Hall–Kier alpha value is -2.57. The van der Waals surface area contributed by atoms with Crippen LogP contribution in [-0.4, -0.2) is 49.4 Å². The number of aromatic nitrogens is 4. The van der Waals surface area contributed by atoms with Crippen molar-refractivity contribution in [1.82, 2.24) is 24.6 Å². The highest BCUT2D eigenvalue weighted by molar-refractivity contribution is 5.96. The van der Waals surface area contributed by atoms with Crippen molar-refractivity contribution in [2.45, 2.75) is 58.9 Å². The van der Waals surface area contributed by atoms with Crippen LogP contribution in [0.2, 0.25) is 0 Å². The van der Waals surface area contributed by atoms with Gasteiger partial charge in [0.1, 0.15) is 6.33 Å². The van der Waals surface area contributed by atoms with Gasteiger partial charge in [0, 0.05) is 43.0 Å². The lowest BCUT2D eigenvalue weighted by atomic mass is 9.93. The van der Waals surface area contributed by atoms with E-state index in [1.165, 1.54) is 0 Å². The van der Waals surface area contributed by atoms with Crippen LogP contribution in [-0.2, 0) is 4.79 Å². The average molecular weight is 369 g/mol. The molecule has 1 amide bonds. The Balaban J connectivity index is 1.60. The third kappa shape index (κ3) is 4.07. The van der Waals surface area contributed by atoms with E-state index in [2.05, 4.69) is 15.1 Å². The molecule has 1 atom stereocenters. The van der Waals surface area contributed by atoms with Crippen molar-refractivity contribution >= 4 is 11.7 Å². The molecule has 27 heavy (non-hydrogen) atoms. The van der Waals surface area contributed by atoms with E-state index in [1.54, 1.807) is 19.4 Å². The Bertz CT molecular complexity index is 822. The molecular weight excluding hydrogens is 342 g/mol. The van der Waals surface area contributed by atoms with Gasteiger partial charge >= 0.3 is 0 Å². The first-order valence-electron chi connectivity index (χ1n) is 9.48. The lowest BCUT2D eigenvalue weighted by Gasteiger charge is -2.32. The zero-order chi connectivity index (χ0) is 19.6. The largest absolute Gasteiger partial charge is 0.343 e. The predicted molar refractivity (Wildman–Crippen MR) is 102 cm³/mol. The minimum Gasteiger partial charge on any atom is -0.343 e. The molecule has 2 aromatic heterocycles. The van der Waals surface area contributed by atoms with Crippen molar-refractivity contribution in [1.29, 1.82) is 0 Å². The zero-order valence-electron chi connectivity index (χ0n) is 16.5. The molecule has 0 unspecified atom stereocenters. The first kappa shape index (κ1) is 19.2. The molecule has 7 heteroatoms. The van der Waals surface area contributed by atoms with Gasteiger partial charge in [0.05, 0.1) is 17.3 Å². The van der Waals surface area contributed by atoms with E-state index in [9.17, 15) is 9.59 Å². The first-order valence-corrected chi connectivity index (χ1v) is 9.48. The molecule has 0 N–H and O–H groups in total. The van der Waals surface area contributed by atoms with Crippen molar-refractivity contribution in [2.24, 2.45) is 0 Å². The smallest absolute Gasteiger partial charge is 0.224 e. The van der Waals surface area contributed by atoms with E-state index in [4.69, 9.17) is 0 Å². The normalized spacial score (nSPS) is 16.4. The monoisotopic (exact) mass is 369 g/mol. The summed E-state index contributed by atoms with van der Waals surface area (Å²) in [5.74, 6) is 0.547. The number of Topliss-reactive ketones (excluding diaryl/α,β-unsaturated/α-hetero) is 1. The van der Waals surface area contributed by atoms with Crippen LogP contribution in [0, 0.1) is 13.8 Å². The van der Waals surface area contributed by atoms with Crippen molar-refractivity contribution in [3.8, 4) is 0 Å². The summed E-state index contributed by atoms with van der Waals surface area (Å²) in [6.07, 6.45) is 5.58. The summed E-state index contributed by atoms with van der Waals surface area (Å²) >= 11 is 0. The molecule has 7 nitrogen and oxygen atoms in total. The van der Waals surface area contributed by atoms with E-state index in [0.29, 0.717) is 17.9 Å². The number of nitrogens with zero attached hydrogens (tertiary/aromatic N) is 5. The molecule has 2 aromatic rings. The second kappa shape index (κ2) is 7.98. The highest BCUT2D eigenvalue weighted by Gasteiger charge is 2.27. The lowest BCUT2D eigenvalue weighted by molar-refractivity contribution is -0.133. The van der Waals surface area contributed by atoms with E-state index >= 15 is 0 Å². The molecule has 0 saturated carbocycles. The highest BCUT2D eigenvalue weighted by Crippen LogP contribution is 2.27. The van der Waals surface area contributed by atoms with Gasteiger partial charge in [-0.2, -0.15) is 5.10 Å². The fraction of sp³-hybridized carbons (Fsp3) is 0.550. The molecule has 1 aliphatic rings. The molecule has 144 valence electrons. The van der Waals surface area contributed by atoms with Gasteiger partial charge in [0.25, 0.3) is 0 Å². The number of piperidine rings is 1. The SMILES string of the molecule is CC(=O)c1c(C)nn([C@@H](C)CC(=O)N2CCC(c3ccncn3)CC2)c1C. The molecule has 0 spiro atoms. The molecular formula is C20H27N5O2. The third-order valence-corrected chi connectivity index (χ3v) is 5.44. The van der Waals surface area contributed by atoms with Gasteiger partial charge in [0.15, 0.2) is 5.78 Å². The minimum atomic E-state index is -0.0797. The fourth-order valence-corrected chi connectivity index (χ4v) is 4.04. The number of carbonyl (C=O) groups excluding carboxylic acids is 2. The standard InChI is InChI=1S/C20H27N5O2/c1-13(25-15(3)20(16(4)26)14(2)23-25)11-19(27)24-9-6-17(7-10-24)18-5-8-21-12-22-18/h5,8,12-13,17H,6-7,9-11H2,1-4H3/t13-/m0/s1. The zero-order valence-corrected chi connectivity index (χ0v) is 16.5. The number of likely N-dealkylation sites (tertiary alicyclic amines) is 1. The van der Waals surface area contributed by atoms with Crippen molar-refractivity contribution < 1.29 is 9.59 Å². The van der Waals surface area contributed by atoms with Gasteiger partial charge in [-0.05, 0) is 46.6 Å². The first-order chi connectivity index (χ1) is 12.9. The second-order valence-corrected chi connectivity index (χ2v) is 7.39. The number of ketones is 1. The maximum absolute atomic E-state index is 12.8. The Kier molecular flexibility index (Phi) is 5.68. The molecule has 0 radical (unpaired) electrons. The summed E-state index contributed by atoms with van der Waals surface area (Å²) in [5.41, 5.74) is 3.29. The number of aryl methyl sites for hydroxylation is 1. The summed E-state index contributed by atoms with van der Waals surface area (Å²) in [4.78, 5) is 34.8. The van der Waals surface area contributed by atoms with Crippen LogP contribution < -0.4 is 0 Å². The molecule has 1 fully saturated rings. The summed E-state index contributed by atoms with van der Waals surface area (Å²) < 4.78 is 1.82. The maximum Gasteiger partial charge on any atom is 0.224 e. The topological polar surface area (TPSA) is 81.0 Å². The van der Waals surface area contributed by atoms with Crippen LogP contribution >= 0.6 is 0 Å². The van der Waals surface area contributed by atoms with Gasteiger partial charge in [-0.1, -0.05) is 0 Å². The summed E-state index contributed by atoms with van der Waals surface area (Å²) in [7, 11) is 0. The van der Waals surface area contributed by atoms with Gasteiger partial charge in [-0.15, -0.1) is 0 Å². The molecule has 3 heterocycles. The van der Waals surface area contributed by atoms with Gasteiger partial charge < -0.3 is 4.90 Å². The highest BCUT2D eigenvalue weighted by atomic mass is 16.2. The van der Waals surface area contributed by atoms with E-state index in [1.807, 2.05) is 36.4 Å². The van der Waals surface area contributed by atoms with Crippen LogP contribution in [0.1, 0.15) is 72.5 Å². The van der Waals surface area contributed by atoms with Gasteiger partial charge in [-0.3, -0.25) is 14.3 Å². The van der Waals surface area contributed by atoms with Crippen LogP contribution in [0.25, 0.3) is 0 Å². The predicted octanol–water partition coefficient (Wildman–Crippen LogP) is 2.85. The summed E-state index contributed by atoms with van der Waals surface area (Å²) in [5, 5.41) is 4.49. The van der Waals surface area contributed by atoms with Crippen molar-refractivity contribution in [2.75, 3.05) is 13.1 Å². The number of hydrogen-bond acceptors (Lipinski definition) is 5. The van der Waals surface area contributed by atoms with Gasteiger partial charge in [0.2, 0.25) is 5.91 Å². The average Bonchev–Trinajstić information content (AvgIpc) is 2.97. The summed E-state index contributed by atoms with van der Waals surface area (Å²) in [6, 6.07) is 1.88. The number of hydrogen-bond donors (Lipinski definition) is 0. The fourth-order valence-electron chi connectivity index (χ4n) is 4.04. The minimum absolute atomic E-state index is 0.0153. The van der Waals surface area contributed by atoms with Crippen LogP contribution in [0.4, 0.5) is 0 Å². The molecule has 1 aliphatic heterocycles. The number of amides is 1. The number of rotatable bonds is 5. The molecule has 1 saturated heterocycles. The van der Waals surface area contributed by atoms with Crippen LogP contribution in [0.15, 0.2) is 18.6 Å². The van der Waals surface area contributed by atoms with E-state index < -0.39 is 0 Å². The molecule has 0 bridgehead atoms. The van der Waals surface area contributed by atoms with E-state index in [-0.39, 0.29) is 17.7 Å². The Morgan fingerprint density at radius 2 is 1.96 bits per heavy atom. The molecule has 0 aliphatic carbocycles. The Morgan fingerprint density at radius 1 is 1.26 bits per heavy atom. The molecule has 3 rings (SSSR count). The lowest BCUT2D eigenvalue weighted by Crippen LogP contribution is -2.39. The van der Waals surface area contributed by atoms with Crippen molar-refractivity contribution in [3.05, 3.63) is 41.2 Å². The third-order valence-electron chi connectivity index (χ3n) is 5.44. The van der Waals surface area contributed by atoms with E-state index in [0.717, 1.165) is 43.0 Å². The second-order valence-electron chi connectivity index (χ2n) is 7.39. The van der Waals surface area contributed by atoms with Crippen LogP contribution in [0.5, 0.6) is 0 Å². The Morgan fingerprint density at radius 3 is 2.52 bits per heavy atom. The molecule has 0 aromatic carbocycles. The number of carbonyl (C=O) groups is 2.